The summed E-state index contributed by atoms with van der Waals surface area (Å²) in [5, 5.41) is 0. The van der Waals surface area contributed by atoms with Crippen LogP contribution in [-0.2, 0) is 5.54 Å². The molecule has 1 aromatic rings. The van der Waals surface area contributed by atoms with Gasteiger partial charge in [-0.15, -0.1) is 0 Å². The molecule has 2 rings (SSSR count). The van der Waals surface area contributed by atoms with Crippen LogP contribution in [0.25, 0.3) is 0 Å². The van der Waals surface area contributed by atoms with Crippen molar-refractivity contribution in [2.75, 3.05) is 0 Å². The molecular formula is C14H19F2N. The first-order chi connectivity index (χ1) is 8.05. The van der Waals surface area contributed by atoms with E-state index < -0.39 is 11.4 Å². The maximum atomic E-state index is 13.7. The number of rotatable bonds is 2. The number of hydrogen-bond acceptors (Lipinski definition) is 1. The van der Waals surface area contributed by atoms with Gasteiger partial charge in [-0.1, -0.05) is 13.3 Å². The van der Waals surface area contributed by atoms with Gasteiger partial charge in [0.2, 0.25) is 0 Å². The third-order valence-corrected chi connectivity index (χ3v) is 4.04. The molecule has 0 bridgehead atoms. The SMILES string of the molecule is CCC1CCC(N)(c2cc(F)ccc2F)CC1. The second kappa shape index (κ2) is 4.73. The van der Waals surface area contributed by atoms with E-state index in [2.05, 4.69) is 6.92 Å². The van der Waals surface area contributed by atoms with Gasteiger partial charge >= 0.3 is 0 Å². The Hall–Kier alpha value is -0.960. The highest BCUT2D eigenvalue weighted by molar-refractivity contribution is 5.27. The Labute approximate surface area is 101 Å². The van der Waals surface area contributed by atoms with Crippen LogP contribution in [0, 0.1) is 17.6 Å². The summed E-state index contributed by atoms with van der Waals surface area (Å²) in [6.45, 7) is 2.16. The van der Waals surface area contributed by atoms with Gasteiger partial charge in [0.15, 0.2) is 0 Å². The third-order valence-electron chi connectivity index (χ3n) is 4.04. The molecule has 0 atom stereocenters. The lowest BCUT2D eigenvalue weighted by molar-refractivity contribution is 0.226. The van der Waals surface area contributed by atoms with Crippen molar-refractivity contribution in [2.24, 2.45) is 11.7 Å². The van der Waals surface area contributed by atoms with Crippen LogP contribution in [0.1, 0.15) is 44.6 Å². The Morgan fingerprint density at radius 3 is 2.53 bits per heavy atom. The third kappa shape index (κ3) is 2.49. The van der Waals surface area contributed by atoms with E-state index in [1.807, 2.05) is 0 Å². The van der Waals surface area contributed by atoms with Gasteiger partial charge in [-0.25, -0.2) is 8.78 Å². The molecule has 0 radical (unpaired) electrons. The number of benzene rings is 1. The van der Waals surface area contributed by atoms with Crippen LogP contribution in [0.4, 0.5) is 8.78 Å². The van der Waals surface area contributed by atoms with Crippen molar-refractivity contribution < 1.29 is 8.78 Å². The van der Waals surface area contributed by atoms with Gasteiger partial charge < -0.3 is 5.73 Å². The van der Waals surface area contributed by atoms with Crippen LogP contribution < -0.4 is 5.73 Å². The molecule has 0 spiro atoms. The van der Waals surface area contributed by atoms with Gasteiger partial charge in [-0.3, -0.25) is 0 Å². The summed E-state index contributed by atoms with van der Waals surface area (Å²) < 4.78 is 26.9. The Bertz CT molecular complexity index is 395. The molecule has 0 amide bonds. The summed E-state index contributed by atoms with van der Waals surface area (Å²) >= 11 is 0. The highest BCUT2D eigenvalue weighted by Crippen LogP contribution is 2.39. The standard InChI is InChI=1S/C14H19F2N/c1-2-10-5-7-14(17,8-6-10)12-9-11(15)3-4-13(12)16/h3-4,9-10H,2,5-8,17H2,1H3. The molecule has 0 aliphatic heterocycles. The second-order valence-electron chi connectivity index (χ2n) is 5.13. The minimum atomic E-state index is -0.683. The largest absolute Gasteiger partial charge is 0.321 e. The van der Waals surface area contributed by atoms with Crippen LogP contribution in [0.5, 0.6) is 0 Å². The van der Waals surface area contributed by atoms with Crippen LogP contribution in [-0.4, -0.2) is 0 Å². The molecule has 94 valence electrons. The summed E-state index contributed by atoms with van der Waals surface area (Å²) in [7, 11) is 0. The fourth-order valence-corrected chi connectivity index (χ4v) is 2.75. The molecule has 1 nitrogen and oxygen atoms in total. The normalized spacial score (nSPS) is 29.3. The van der Waals surface area contributed by atoms with E-state index in [0.29, 0.717) is 11.5 Å². The Balaban J connectivity index is 2.24. The van der Waals surface area contributed by atoms with Crippen molar-refractivity contribution in [1.82, 2.24) is 0 Å². The fourth-order valence-electron chi connectivity index (χ4n) is 2.75. The predicted molar refractivity (Wildman–Crippen MR) is 64.5 cm³/mol. The van der Waals surface area contributed by atoms with Crippen molar-refractivity contribution in [1.29, 1.82) is 0 Å². The molecule has 1 fully saturated rings. The van der Waals surface area contributed by atoms with E-state index in [4.69, 9.17) is 5.73 Å². The topological polar surface area (TPSA) is 26.0 Å². The van der Waals surface area contributed by atoms with Crippen LogP contribution in [0.3, 0.4) is 0 Å². The molecule has 0 aromatic heterocycles. The zero-order valence-electron chi connectivity index (χ0n) is 10.2. The van der Waals surface area contributed by atoms with Gasteiger partial charge in [-0.2, -0.15) is 0 Å². The minimum absolute atomic E-state index is 0.340. The summed E-state index contributed by atoms with van der Waals surface area (Å²) in [6.07, 6.45) is 4.63. The monoisotopic (exact) mass is 239 g/mol. The molecule has 3 heteroatoms. The molecule has 17 heavy (non-hydrogen) atoms. The summed E-state index contributed by atoms with van der Waals surface area (Å²) in [5.41, 5.74) is 5.92. The van der Waals surface area contributed by atoms with Crippen molar-refractivity contribution >= 4 is 0 Å². The highest BCUT2D eigenvalue weighted by Gasteiger charge is 2.34. The lowest BCUT2D eigenvalue weighted by atomic mass is 9.72. The quantitative estimate of drug-likeness (QED) is 0.836. The average molecular weight is 239 g/mol. The average Bonchev–Trinajstić information content (AvgIpc) is 2.33. The van der Waals surface area contributed by atoms with Gasteiger partial charge in [-0.05, 0) is 49.8 Å². The highest BCUT2D eigenvalue weighted by atomic mass is 19.1. The number of hydrogen-bond donors (Lipinski definition) is 1. The van der Waals surface area contributed by atoms with Crippen molar-refractivity contribution in [3.8, 4) is 0 Å². The molecule has 2 N–H and O–H groups in total. The summed E-state index contributed by atoms with van der Waals surface area (Å²) in [4.78, 5) is 0. The minimum Gasteiger partial charge on any atom is -0.321 e. The smallest absolute Gasteiger partial charge is 0.128 e. The molecule has 1 saturated carbocycles. The molecule has 0 heterocycles. The van der Waals surface area contributed by atoms with Gasteiger partial charge in [0.1, 0.15) is 11.6 Å². The van der Waals surface area contributed by atoms with E-state index in [1.54, 1.807) is 0 Å². The van der Waals surface area contributed by atoms with Crippen molar-refractivity contribution in [3.05, 3.63) is 35.4 Å². The van der Waals surface area contributed by atoms with Gasteiger partial charge in [0.05, 0.1) is 0 Å². The molecule has 0 unspecified atom stereocenters. The maximum absolute atomic E-state index is 13.7. The zero-order valence-corrected chi connectivity index (χ0v) is 10.2. The van der Waals surface area contributed by atoms with Crippen LogP contribution >= 0.6 is 0 Å². The fraction of sp³-hybridized carbons (Fsp3) is 0.571. The molecule has 1 aliphatic rings. The van der Waals surface area contributed by atoms with Gasteiger partial charge in [0.25, 0.3) is 0 Å². The molecular weight excluding hydrogens is 220 g/mol. The molecule has 1 aliphatic carbocycles. The van der Waals surface area contributed by atoms with E-state index in [1.165, 1.54) is 12.1 Å². The Morgan fingerprint density at radius 2 is 1.94 bits per heavy atom. The lowest BCUT2D eigenvalue weighted by Gasteiger charge is -2.37. The molecule has 1 aromatic carbocycles. The number of nitrogens with two attached hydrogens (primary N) is 1. The zero-order chi connectivity index (χ0) is 12.5. The Kier molecular flexibility index (Phi) is 3.48. The molecule has 0 saturated heterocycles. The van der Waals surface area contributed by atoms with Gasteiger partial charge in [0, 0.05) is 11.1 Å². The van der Waals surface area contributed by atoms with Crippen molar-refractivity contribution in [2.45, 2.75) is 44.6 Å². The predicted octanol–water partition coefficient (Wildman–Crippen LogP) is 3.72. The first-order valence-electron chi connectivity index (χ1n) is 6.29. The van der Waals surface area contributed by atoms with Crippen LogP contribution in [0.2, 0.25) is 0 Å². The van der Waals surface area contributed by atoms with E-state index in [-0.39, 0.29) is 5.82 Å². The summed E-state index contributed by atoms with van der Waals surface area (Å²) in [5.74, 6) is -0.115. The van der Waals surface area contributed by atoms with E-state index in [0.717, 1.165) is 38.2 Å². The second-order valence-corrected chi connectivity index (χ2v) is 5.13. The summed E-state index contributed by atoms with van der Waals surface area (Å²) in [6, 6.07) is 3.56. The first-order valence-corrected chi connectivity index (χ1v) is 6.29. The maximum Gasteiger partial charge on any atom is 0.128 e. The van der Waals surface area contributed by atoms with E-state index >= 15 is 0 Å². The Morgan fingerprint density at radius 1 is 1.29 bits per heavy atom. The van der Waals surface area contributed by atoms with E-state index in [9.17, 15) is 8.78 Å². The number of halogens is 2. The lowest BCUT2D eigenvalue weighted by Crippen LogP contribution is -2.41. The first kappa shape index (κ1) is 12.5. The van der Waals surface area contributed by atoms with Crippen molar-refractivity contribution in [3.63, 3.8) is 0 Å². The van der Waals surface area contributed by atoms with Crippen LogP contribution in [0.15, 0.2) is 18.2 Å².